The Morgan fingerprint density at radius 3 is 2.12 bits per heavy atom. The first-order valence-corrected chi connectivity index (χ1v) is 8.46. The van der Waals surface area contributed by atoms with E-state index in [1.165, 1.54) is 17.0 Å². The van der Waals surface area contributed by atoms with Crippen molar-refractivity contribution in [1.29, 1.82) is 0 Å². The van der Waals surface area contributed by atoms with Crippen molar-refractivity contribution in [1.82, 2.24) is 19.5 Å². The van der Waals surface area contributed by atoms with Gasteiger partial charge in [0.2, 0.25) is 0 Å². The van der Waals surface area contributed by atoms with E-state index in [-0.39, 0.29) is 0 Å². The number of halogens is 2. The molecular weight excluding hydrogens is 460 g/mol. The van der Waals surface area contributed by atoms with Crippen molar-refractivity contribution < 1.29 is 0 Å². The SMILES string of the molecule is O=c1[nH]c(=O)n(Cc2ccccc2)cc1Br.O=c1[nH]cc(Br)c(=O)[nH]1. The number of nitrogens with one attached hydrogen (secondary N) is 3. The monoisotopic (exact) mass is 470 g/mol. The fraction of sp³-hybridized carbons (Fsp3) is 0.0667. The molecule has 8 nitrogen and oxygen atoms in total. The maximum atomic E-state index is 11.5. The summed E-state index contributed by atoms with van der Waals surface area (Å²) in [7, 11) is 0. The van der Waals surface area contributed by atoms with Crippen LogP contribution in [0, 0.1) is 0 Å². The summed E-state index contributed by atoms with van der Waals surface area (Å²) in [4.78, 5) is 50.0. The molecule has 0 radical (unpaired) electrons. The predicted molar refractivity (Wildman–Crippen MR) is 100.0 cm³/mol. The maximum absolute atomic E-state index is 11.5. The van der Waals surface area contributed by atoms with Crippen LogP contribution in [0.2, 0.25) is 0 Å². The molecule has 0 saturated heterocycles. The Bertz CT molecular complexity index is 1080. The van der Waals surface area contributed by atoms with E-state index in [9.17, 15) is 19.2 Å². The highest BCUT2D eigenvalue weighted by Gasteiger charge is 2.02. The Morgan fingerprint density at radius 2 is 1.52 bits per heavy atom. The van der Waals surface area contributed by atoms with E-state index in [1.807, 2.05) is 35.3 Å². The smallest absolute Gasteiger partial charge is 0.313 e. The van der Waals surface area contributed by atoms with Crippen molar-refractivity contribution >= 4 is 31.9 Å². The number of nitrogens with zero attached hydrogens (tertiary/aromatic N) is 1. The van der Waals surface area contributed by atoms with E-state index in [4.69, 9.17) is 0 Å². The molecule has 1 aromatic carbocycles. The van der Waals surface area contributed by atoms with Gasteiger partial charge in [0.25, 0.3) is 11.1 Å². The lowest BCUT2D eigenvalue weighted by atomic mass is 10.2. The molecular formula is C15H12Br2N4O4. The van der Waals surface area contributed by atoms with Crippen LogP contribution in [0.4, 0.5) is 0 Å². The van der Waals surface area contributed by atoms with E-state index in [2.05, 4.69) is 41.8 Å². The average molecular weight is 472 g/mol. The van der Waals surface area contributed by atoms with Gasteiger partial charge in [0.1, 0.15) is 0 Å². The zero-order valence-electron chi connectivity index (χ0n) is 12.6. The summed E-state index contributed by atoms with van der Waals surface area (Å²) in [6.07, 6.45) is 2.79. The van der Waals surface area contributed by atoms with Crippen LogP contribution < -0.4 is 22.5 Å². The van der Waals surface area contributed by atoms with Gasteiger partial charge in [0.15, 0.2) is 0 Å². The molecule has 0 amide bonds. The molecule has 3 aromatic rings. The van der Waals surface area contributed by atoms with Crippen LogP contribution in [0.25, 0.3) is 0 Å². The van der Waals surface area contributed by atoms with Gasteiger partial charge in [-0.2, -0.15) is 0 Å². The highest BCUT2D eigenvalue weighted by molar-refractivity contribution is 9.10. The van der Waals surface area contributed by atoms with E-state index < -0.39 is 22.5 Å². The van der Waals surface area contributed by atoms with Gasteiger partial charge < -0.3 is 4.98 Å². The van der Waals surface area contributed by atoms with E-state index in [0.29, 0.717) is 15.5 Å². The molecule has 0 unspecified atom stereocenters. The van der Waals surface area contributed by atoms with Crippen molar-refractivity contribution in [3.05, 3.63) is 98.9 Å². The molecule has 10 heteroatoms. The van der Waals surface area contributed by atoms with Gasteiger partial charge >= 0.3 is 11.4 Å². The van der Waals surface area contributed by atoms with Crippen LogP contribution >= 0.6 is 31.9 Å². The minimum Gasteiger partial charge on any atom is -0.313 e. The van der Waals surface area contributed by atoms with Crippen molar-refractivity contribution in [3.63, 3.8) is 0 Å². The molecule has 2 aromatic heterocycles. The van der Waals surface area contributed by atoms with Gasteiger partial charge in [-0.05, 0) is 37.4 Å². The Kier molecular flexibility index (Phi) is 6.48. The first-order chi connectivity index (χ1) is 11.9. The quantitative estimate of drug-likeness (QED) is 0.519. The van der Waals surface area contributed by atoms with Crippen LogP contribution in [-0.2, 0) is 6.54 Å². The normalized spacial score (nSPS) is 10.0. The summed E-state index contributed by atoms with van der Waals surface area (Å²) >= 11 is 6.01. The molecule has 130 valence electrons. The summed E-state index contributed by atoms with van der Waals surface area (Å²) in [5.41, 5.74) is -0.725. The lowest BCUT2D eigenvalue weighted by Crippen LogP contribution is -2.30. The first kappa shape index (κ1) is 18.9. The van der Waals surface area contributed by atoms with Crippen molar-refractivity contribution in [3.8, 4) is 0 Å². The van der Waals surface area contributed by atoms with E-state index >= 15 is 0 Å². The van der Waals surface area contributed by atoms with Gasteiger partial charge in [0.05, 0.1) is 15.5 Å². The molecule has 3 rings (SSSR count). The molecule has 0 bridgehead atoms. The summed E-state index contributed by atoms with van der Waals surface area (Å²) in [6.45, 7) is 0.440. The molecule has 3 N–H and O–H groups in total. The standard InChI is InChI=1S/C11H9BrN2O2.C4H3BrN2O2/c12-9-7-14(11(16)13-10(9)15)6-8-4-2-1-3-5-8;5-2-1-6-4(9)7-3(2)8/h1-5,7H,6H2,(H,13,15,16);1H,(H2,6,7,8,9). The summed E-state index contributed by atoms with van der Waals surface area (Å²) < 4.78 is 2.12. The van der Waals surface area contributed by atoms with Crippen LogP contribution in [-0.4, -0.2) is 19.5 Å². The molecule has 2 heterocycles. The number of hydrogen-bond acceptors (Lipinski definition) is 4. The maximum Gasteiger partial charge on any atom is 0.328 e. The van der Waals surface area contributed by atoms with Crippen LogP contribution in [0.5, 0.6) is 0 Å². The minimum atomic E-state index is -0.497. The molecule has 0 aliphatic heterocycles. The third-order valence-electron chi connectivity index (χ3n) is 2.94. The molecule has 0 atom stereocenters. The number of aromatic nitrogens is 4. The van der Waals surface area contributed by atoms with E-state index in [1.54, 1.807) is 0 Å². The molecule has 0 fully saturated rings. The lowest BCUT2D eigenvalue weighted by molar-refractivity contribution is 0.716. The highest BCUT2D eigenvalue weighted by Crippen LogP contribution is 2.02. The Balaban J connectivity index is 0.000000212. The fourth-order valence-electron chi connectivity index (χ4n) is 1.77. The second kappa shape index (κ2) is 8.58. The second-order valence-electron chi connectivity index (χ2n) is 4.77. The summed E-state index contributed by atoms with van der Waals surface area (Å²) in [6, 6.07) is 9.56. The Labute approximate surface area is 156 Å². The number of aromatic amines is 3. The lowest BCUT2D eigenvalue weighted by Gasteiger charge is -2.04. The Morgan fingerprint density at radius 1 is 0.880 bits per heavy atom. The number of hydrogen-bond donors (Lipinski definition) is 3. The van der Waals surface area contributed by atoms with Crippen molar-refractivity contribution in [2.75, 3.05) is 0 Å². The molecule has 0 spiro atoms. The second-order valence-corrected chi connectivity index (χ2v) is 6.48. The molecule has 0 saturated carbocycles. The first-order valence-electron chi connectivity index (χ1n) is 6.87. The number of benzene rings is 1. The molecule has 0 aliphatic carbocycles. The summed E-state index contributed by atoms with van der Waals surface area (Å²) in [5.74, 6) is 0. The summed E-state index contributed by atoms with van der Waals surface area (Å²) in [5, 5.41) is 0. The van der Waals surface area contributed by atoms with Crippen LogP contribution in [0.3, 0.4) is 0 Å². The largest absolute Gasteiger partial charge is 0.328 e. The van der Waals surface area contributed by atoms with Gasteiger partial charge in [-0.15, -0.1) is 0 Å². The van der Waals surface area contributed by atoms with Gasteiger partial charge in [-0.3, -0.25) is 24.1 Å². The zero-order valence-corrected chi connectivity index (χ0v) is 15.8. The number of rotatable bonds is 2. The third-order valence-corrected chi connectivity index (χ3v) is 4.09. The molecule has 25 heavy (non-hydrogen) atoms. The Hall–Kier alpha value is -2.46. The minimum absolute atomic E-state index is 0.321. The zero-order chi connectivity index (χ0) is 18.4. The predicted octanol–water partition coefficient (Wildman–Crippen LogP) is 1.17. The van der Waals surface area contributed by atoms with Crippen molar-refractivity contribution in [2.24, 2.45) is 0 Å². The number of H-pyrrole nitrogens is 3. The molecule has 0 aliphatic rings. The van der Waals surface area contributed by atoms with E-state index in [0.717, 1.165) is 5.56 Å². The average Bonchev–Trinajstić information content (AvgIpc) is 2.58. The third kappa shape index (κ3) is 5.54. The van der Waals surface area contributed by atoms with Crippen LogP contribution in [0.1, 0.15) is 5.56 Å². The highest BCUT2D eigenvalue weighted by atomic mass is 79.9. The van der Waals surface area contributed by atoms with Gasteiger partial charge in [-0.25, -0.2) is 9.59 Å². The van der Waals surface area contributed by atoms with Gasteiger partial charge in [-0.1, -0.05) is 30.3 Å². The van der Waals surface area contributed by atoms with Crippen molar-refractivity contribution in [2.45, 2.75) is 6.54 Å². The van der Waals surface area contributed by atoms with Gasteiger partial charge in [0, 0.05) is 12.4 Å². The topological polar surface area (TPSA) is 121 Å². The fourth-order valence-corrected chi connectivity index (χ4v) is 2.33. The van der Waals surface area contributed by atoms with Crippen LogP contribution in [0.15, 0.2) is 70.8 Å².